The van der Waals surface area contributed by atoms with E-state index in [1.54, 1.807) is 6.92 Å². The molecule has 14 heteroatoms. The van der Waals surface area contributed by atoms with Crippen LogP contribution in [0.25, 0.3) is 0 Å². The molecule has 0 aliphatic carbocycles. The maximum absolute atomic E-state index is 12.9. The number of unbranched alkanes of at least 4 members (excludes halogenated alkanes) is 1. The predicted molar refractivity (Wildman–Crippen MR) is 131 cm³/mol. The Morgan fingerprint density at radius 3 is 1.94 bits per heavy atom. The molecule has 0 rings (SSSR count). The number of nitrogens with zero attached hydrogens (tertiary/aromatic N) is 1. The van der Waals surface area contributed by atoms with Gasteiger partial charge in [-0.1, -0.05) is 20.3 Å². The molecule has 0 bridgehead atoms. The maximum Gasteiger partial charge on any atom is 0.326 e. The van der Waals surface area contributed by atoms with Gasteiger partial charge in [0.15, 0.2) is 5.96 Å². The molecule has 35 heavy (non-hydrogen) atoms. The van der Waals surface area contributed by atoms with Crippen LogP contribution in [0.2, 0.25) is 0 Å². The molecule has 13 N–H and O–H groups in total. The normalized spacial score (nSPS) is 15.1. The molecule has 0 spiro atoms. The van der Waals surface area contributed by atoms with Crippen molar-refractivity contribution in [2.75, 3.05) is 19.7 Å². The summed E-state index contributed by atoms with van der Waals surface area (Å²) in [6.45, 7) is 3.48. The lowest BCUT2D eigenvalue weighted by atomic mass is 9.98. The number of aliphatic hydroxyl groups excluding tert-OH is 1. The van der Waals surface area contributed by atoms with Crippen molar-refractivity contribution in [3.8, 4) is 0 Å². The molecule has 0 radical (unpaired) electrons. The number of aliphatic hydroxyl groups is 1. The van der Waals surface area contributed by atoms with Crippen molar-refractivity contribution in [1.82, 2.24) is 16.0 Å². The SMILES string of the molecule is CCC(C)C(N)C(=O)NC(CCCN=C(N)N)C(=O)NC(CO)C(=O)NC(CCCCN)C(=O)O. The standard InChI is InChI=1S/C21H42N8O6/c1-3-12(2)16(23)19(33)27-13(8-6-10-26-21(24)25)17(31)29-15(11-30)18(32)28-14(20(34)35)7-4-5-9-22/h12-16,30H,3-11,22-23H2,1-2H3,(H,27,33)(H,28,32)(H,29,31)(H,34,35)(H4,24,25,26). The van der Waals surface area contributed by atoms with Crippen LogP contribution < -0.4 is 38.9 Å². The number of carbonyl (C=O) groups is 4. The molecule has 0 aromatic rings. The highest BCUT2D eigenvalue weighted by molar-refractivity contribution is 5.94. The van der Waals surface area contributed by atoms with E-state index in [0.717, 1.165) is 0 Å². The second kappa shape index (κ2) is 17.5. The number of aliphatic imine (C=N–C) groups is 1. The first kappa shape index (κ1) is 32.0. The lowest BCUT2D eigenvalue weighted by molar-refractivity contribution is -0.142. The smallest absolute Gasteiger partial charge is 0.326 e. The molecule has 0 saturated carbocycles. The van der Waals surface area contributed by atoms with Crippen LogP contribution >= 0.6 is 0 Å². The van der Waals surface area contributed by atoms with E-state index in [-0.39, 0.29) is 31.3 Å². The third kappa shape index (κ3) is 12.9. The van der Waals surface area contributed by atoms with Gasteiger partial charge in [-0.15, -0.1) is 0 Å². The van der Waals surface area contributed by atoms with Crippen molar-refractivity contribution in [1.29, 1.82) is 0 Å². The molecule has 0 fully saturated rings. The molecule has 5 atom stereocenters. The van der Waals surface area contributed by atoms with Crippen molar-refractivity contribution < 1.29 is 29.4 Å². The van der Waals surface area contributed by atoms with Crippen LogP contribution in [0, 0.1) is 5.92 Å². The number of hydrogen-bond donors (Lipinski definition) is 9. The molecule has 0 aromatic heterocycles. The fourth-order valence-corrected chi connectivity index (χ4v) is 3.04. The van der Waals surface area contributed by atoms with Crippen LogP contribution in [0.4, 0.5) is 0 Å². The van der Waals surface area contributed by atoms with Gasteiger partial charge in [-0.05, 0) is 44.6 Å². The molecule has 14 nitrogen and oxygen atoms in total. The van der Waals surface area contributed by atoms with Crippen molar-refractivity contribution in [3.05, 3.63) is 0 Å². The molecule has 0 aliphatic heterocycles. The van der Waals surface area contributed by atoms with E-state index < -0.39 is 54.5 Å². The van der Waals surface area contributed by atoms with E-state index in [1.165, 1.54) is 0 Å². The molecule has 0 saturated heterocycles. The fraction of sp³-hybridized carbons (Fsp3) is 0.762. The third-order valence-electron chi connectivity index (χ3n) is 5.52. The summed E-state index contributed by atoms with van der Waals surface area (Å²) >= 11 is 0. The number of aliphatic carboxylic acids is 1. The number of carboxylic acids is 1. The molecule has 5 unspecified atom stereocenters. The first-order valence-corrected chi connectivity index (χ1v) is 11.7. The zero-order valence-corrected chi connectivity index (χ0v) is 20.5. The van der Waals surface area contributed by atoms with E-state index in [1.807, 2.05) is 6.92 Å². The average Bonchev–Trinajstić information content (AvgIpc) is 2.81. The van der Waals surface area contributed by atoms with Gasteiger partial charge in [0.25, 0.3) is 0 Å². The molecular weight excluding hydrogens is 460 g/mol. The third-order valence-corrected chi connectivity index (χ3v) is 5.52. The van der Waals surface area contributed by atoms with E-state index in [9.17, 15) is 29.4 Å². The van der Waals surface area contributed by atoms with E-state index in [0.29, 0.717) is 32.2 Å². The van der Waals surface area contributed by atoms with Crippen LogP contribution in [-0.2, 0) is 19.2 Å². The van der Waals surface area contributed by atoms with E-state index >= 15 is 0 Å². The monoisotopic (exact) mass is 502 g/mol. The molecule has 202 valence electrons. The van der Waals surface area contributed by atoms with Gasteiger partial charge in [0.2, 0.25) is 17.7 Å². The van der Waals surface area contributed by atoms with Crippen molar-refractivity contribution in [2.45, 2.75) is 76.5 Å². The molecule has 0 heterocycles. The largest absolute Gasteiger partial charge is 0.480 e. The highest BCUT2D eigenvalue weighted by Crippen LogP contribution is 2.07. The fourth-order valence-electron chi connectivity index (χ4n) is 3.04. The first-order valence-electron chi connectivity index (χ1n) is 11.7. The second-order valence-corrected chi connectivity index (χ2v) is 8.35. The Morgan fingerprint density at radius 1 is 0.886 bits per heavy atom. The Bertz CT molecular complexity index is 716. The molecule has 0 aromatic carbocycles. The number of carbonyl (C=O) groups excluding carboxylic acids is 3. The van der Waals surface area contributed by atoms with Crippen molar-refractivity contribution in [2.24, 2.45) is 33.8 Å². The Hall–Kier alpha value is -2.97. The highest BCUT2D eigenvalue weighted by atomic mass is 16.4. The first-order chi connectivity index (χ1) is 16.5. The zero-order valence-electron chi connectivity index (χ0n) is 20.5. The topological polar surface area (TPSA) is 261 Å². The van der Waals surface area contributed by atoms with Crippen LogP contribution in [0.15, 0.2) is 4.99 Å². The number of hydrogen-bond acceptors (Lipinski definition) is 8. The summed E-state index contributed by atoms with van der Waals surface area (Å²) in [4.78, 5) is 53.3. The van der Waals surface area contributed by atoms with Crippen LogP contribution in [0.5, 0.6) is 0 Å². The molecule has 3 amide bonds. The van der Waals surface area contributed by atoms with Gasteiger partial charge < -0.3 is 49.1 Å². The van der Waals surface area contributed by atoms with E-state index in [2.05, 4.69) is 20.9 Å². The number of nitrogens with two attached hydrogens (primary N) is 4. The minimum atomic E-state index is -1.43. The van der Waals surface area contributed by atoms with Crippen molar-refractivity contribution >= 4 is 29.7 Å². The van der Waals surface area contributed by atoms with Crippen LogP contribution in [0.1, 0.15) is 52.4 Å². The van der Waals surface area contributed by atoms with Gasteiger partial charge in [0.05, 0.1) is 12.6 Å². The predicted octanol–water partition coefficient (Wildman–Crippen LogP) is -2.93. The summed E-state index contributed by atoms with van der Waals surface area (Å²) in [5.74, 6) is -3.67. The number of rotatable bonds is 18. The molecular formula is C21H42N8O6. The number of guanidine groups is 1. The quantitative estimate of drug-likeness (QED) is 0.0523. The van der Waals surface area contributed by atoms with Gasteiger partial charge in [-0.25, -0.2) is 4.79 Å². The summed E-state index contributed by atoms with van der Waals surface area (Å²) in [5.41, 5.74) is 22.0. The van der Waals surface area contributed by atoms with Crippen molar-refractivity contribution in [3.63, 3.8) is 0 Å². The average molecular weight is 503 g/mol. The summed E-state index contributed by atoms with van der Waals surface area (Å²) < 4.78 is 0. The minimum absolute atomic E-state index is 0.120. The number of amides is 3. The van der Waals surface area contributed by atoms with E-state index in [4.69, 9.17) is 22.9 Å². The van der Waals surface area contributed by atoms with Crippen LogP contribution in [0.3, 0.4) is 0 Å². The highest BCUT2D eigenvalue weighted by Gasteiger charge is 2.30. The number of carboxylic acid groups (broad SMARTS) is 1. The van der Waals surface area contributed by atoms with Gasteiger partial charge >= 0.3 is 5.97 Å². The summed E-state index contributed by atoms with van der Waals surface area (Å²) in [7, 11) is 0. The summed E-state index contributed by atoms with van der Waals surface area (Å²) in [6.07, 6.45) is 2.30. The summed E-state index contributed by atoms with van der Waals surface area (Å²) in [5, 5.41) is 26.2. The van der Waals surface area contributed by atoms with Gasteiger partial charge in [-0.2, -0.15) is 0 Å². The second-order valence-electron chi connectivity index (χ2n) is 8.35. The Kier molecular flexibility index (Phi) is 16.0. The Labute approximate surface area is 205 Å². The zero-order chi connectivity index (χ0) is 27.0. The Morgan fingerprint density at radius 2 is 1.43 bits per heavy atom. The lowest BCUT2D eigenvalue weighted by Gasteiger charge is -2.25. The Balaban J connectivity index is 5.35. The maximum atomic E-state index is 12.9. The van der Waals surface area contributed by atoms with Gasteiger partial charge in [0, 0.05) is 6.54 Å². The van der Waals surface area contributed by atoms with Gasteiger partial charge in [-0.3, -0.25) is 19.4 Å². The van der Waals surface area contributed by atoms with Gasteiger partial charge in [0.1, 0.15) is 18.1 Å². The minimum Gasteiger partial charge on any atom is -0.480 e. The molecule has 0 aliphatic rings. The summed E-state index contributed by atoms with van der Waals surface area (Å²) in [6, 6.07) is -4.58. The lowest BCUT2D eigenvalue weighted by Crippen LogP contribution is -2.58. The number of nitrogens with one attached hydrogen (secondary N) is 3. The van der Waals surface area contributed by atoms with Crippen LogP contribution in [-0.4, -0.2) is 83.7 Å².